The molecule has 1 aliphatic heterocycles. The molecule has 2 rings (SSSR count). The number of aliphatic carboxylic acids is 1. The van der Waals surface area contributed by atoms with Crippen LogP contribution in [-0.2, 0) is 20.3 Å². The molecule has 0 spiro atoms. The molecule has 2 aliphatic rings. The first-order chi connectivity index (χ1) is 7.66. The molecule has 1 aliphatic carbocycles. The van der Waals surface area contributed by atoms with E-state index in [1.54, 1.807) is 0 Å². The first-order valence-electron chi connectivity index (χ1n) is 5.92. The molecule has 0 aromatic rings. The van der Waals surface area contributed by atoms with Crippen molar-refractivity contribution >= 4 is 16.8 Å². The summed E-state index contributed by atoms with van der Waals surface area (Å²) in [7, 11) is -0.831. The van der Waals surface area contributed by atoms with Crippen LogP contribution in [0.3, 0.4) is 0 Å². The highest BCUT2D eigenvalue weighted by Crippen LogP contribution is 2.26. The van der Waals surface area contributed by atoms with Gasteiger partial charge in [-0.15, -0.1) is 0 Å². The Morgan fingerprint density at radius 2 is 1.94 bits per heavy atom. The van der Waals surface area contributed by atoms with E-state index in [9.17, 15) is 9.00 Å². The molecule has 0 radical (unpaired) electrons. The van der Waals surface area contributed by atoms with E-state index in [-0.39, 0.29) is 6.10 Å². The average molecular weight is 246 g/mol. The second-order valence-electron chi connectivity index (χ2n) is 4.62. The van der Waals surface area contributed by atoms with Gasteiger partial charge in [-0.05, 0) is 25.7 Å². The van der Waals surface area contributed by atoms with Crippen LogP contribution in [0, 0.1) is 0 Å². The van der Waals surface area contributed by atoms with Gasteiger partial charge in [-0.1, -0.05) is 12.8 Å². The van der Waals surface area contributed by atoms with Crippen molar-refractivity contribution in [2.75, 3.05) is 5.75 Å². The van der Waals surface area contributed by atoms with Crippen molar-refractivity contribution < 1.29 is 18.8 Å². The van der Waals surface area contributed by atoms with Gasteiger partial charge >= 0.3 is 5.97 Å². The monoisotopic (exact) mass is 246 g/mol. The summed E-state index contributed by atoms with van der Waals surface area (Å²) >= 11 is 0. The van der Waals surface area contributed by atoms with E-state index in [1.807, 2.05) is 0 Å². The van der Waals surface area contributed by atoms with Gasteiger partial charge in [-0.25, -0.2) is 4.79 Å². The molecule has 5 heteroatoms. The van der Waals surface area contributed by atoms with E-state index in [0.717, 1.165) is 19.3 Å². The summed E-state index contributed by atoms with van der Waals surface area (Å²) in [5.74, 6) is -0.372. The van der Waals surface area contributed by atoms with E-state index < -0.39 is 22.9 Å². The molecule has 16 heavy (non-hydrogen) atoms. The Hall–Kier alpha value is -0.420. The normalized spacial score (nSPS) is 33.0. The Bertz CT molecular complexity index is 286. The Kier molecular flexibility index (Phi) is 3.97. The third-order valence-electron chi connectivity index (χ3n) is 3.41. The molecular weight excluding hydrogens is 228 g/mol. The fraction of sp³-hybridized carbons (Fsp3) is 0.909. The lowest BCUT2D eigenvalue weighted by molar-refractivity contribution is -0.148. The molecule has 92 valence electrons. The quantitative estimate of drug-likeness (QED) is 0.812. The highest BCUT2D eigenvalue weighted by molar-refractivity contribution is 7.85. The van der Waals surface area contributed by atoms with Gasteiger partial charge < -0.3 is 9.84 Å². The van der Waals surface area contributed by atoms with Gasteiger partial charge in [0.1, 0.15) is 0 Å². The van der Waals surface area contributed by atoms with Crippen LogP contribution in [-0.4, -0.2) is 38.5 Å². The van der Waals surface area contributed by atoms with E-state index in [4.69, 9.17) is 9.84 Å². The summed E-state index contributed by atoms with van der Waals surface area (Å²) in [5.41, 5.74) is 0. The van der Waals surface area contributed by atoms with Crippen molar-refractivity contribution in [3.63, 3.8) is 0 Å². The molecular formula is C11H18O4S. The van der Waals surface area contributed by atoms with Crippen LogP contribution in [0.5, 0.6) is 0 Å². The van der Waals surface area contributed by atoms with Crippen LogP contribution in [0.4, 0.5) is 0 Å². The zero-order chi connectivity index (χ0) is 11.5. The number of carbonyl (C=O) groups is 1. The minimum Gasteiger partial charge on any atom is -0.479 e. The van der Waals surface area contributed by atoms with Gasteiger partial charge in [0.2, 0.25) is 0 Å². The molecule has 1 saturated heterocycles. The molecule has 0 aromatic heterocycles. The standard InChI is InChI=1S/C11H18O4S/c12-11(13)10-6-5-8(15-10)7-16(14)9-3-1-2-4-9/h8-10H,1-7H2,(H,12,13). The molecule has 3 atom stereocenters. The number of rotatable bonds is 4. The van der Waals surface area contributed by atoms with E-state index in [2.05, 4.69) is 0 Å². The van der Waals surface area contributed by atoms with Crippen LogP contribution in [0.1, 0.15) is 38.5 Å². The topological polar surface area (TPSA) is 63.6 Å². The number of carboxylic acid groups (broad SMARTS) is 1. The summed E-state index contributed by atoms with van der Waals surface area (Å²) in [6, 6.07) is 0. The lowest BCUT2D eigenvalue weighted by Crippen LogP contribution is -2.26. The smallest absolute Gasteiger partial charge is 0.332 e. The second-order valence-corrected chi connectivity index (χ2v) is 6.38. The molecule has 2 fully saturated rings. The number of carboxylic acids is 1. The van der Waals surface area contributed by atoms with Gasteiger partial charge in [-0.3, -0.25) is 4.21 Å². The highest BCUT2D eigenvalue weighted by Gasteiger charge is 2.33. The SMILES string of the molecule is O=C(O)C1CCC(CS(=O)C2CCCC2)O1. The first kappa shape index (κ1) is 12.0. The van der Waals surface area contributed by atoms with Crippen molar-refractivity contribution in [1.29, 1.82) is 0 Å². The minimum absolute atomic E-state index is 0.109. The molecule has 3 unspecified atom stereocenters. The lowest BCUT2D eigenvalue weighted by Gasteiger charge is -2.14. The fourth-order valence-corrected chi connectivity index (χ4v) is 4.22. The van der Waals surface area contributed by atoms with E-state index >= 15 is 0 Å². The van der Waals surface area contributed by atoms with Crippen molar-refractivity contribution in [2.45, 2.75) is 56.0 Å². The maximum atomic E-state index is 12.0. The zero-order valence-corrected chi connectivity index (χ0v) is 10.1. The summed E-state index contributed by atoms with van der Waals surface area (Å²) in [4.78, 5) is 10.7. The molecule has 0 bridgehead atoms. The van der Waals surface area contributed by atoms with Gasteiger partial charge in [-0.2, -0.15) is 0 Å². The van der Waals surface area contributed by atoms with Crippen molar-refractivity contribution in [1.82, 2.24) is 0 Å². The Morgan fingerprint density at radius 3 is 2.50 bits per heavy atom. The molecule has 1 N–H and O–H groups in total. The van der Waals surface area contributed by atoms with E-state index in [1.165, 1.54) is 12.8 Å². The van der Waals surface area contributed by atoms with Gasteiger partial charge in [0, 0.05) is 16.0 Å². The zero-order valence-electron chi connectivity index (χ0n) is 9.26. The third kappa shape index (κ3) is 2.83. The molecule has 0 aromatic carbocycles. The average Bonchev–Trinajstić information content (AvgIpc) is 2.87. The lowest BCUT2D eigenvalue weighted by atomic mass is 10.2. The number of hydrogen-bond donors (Lipinski definition) is 1. The third-order valence-corrected chi connectivity index (χ3v) is 5.32. The summed E-state index contributed by atoms with van der Waals surface area (Å²) in [6.07, 6.45) is 4.98. The molecule has 1 saturated carbocycles. The van der Waals surface area contributed by atoms with Crippen LogP contribution in [0.15, 0.2) is 0 Å². The molecule has 4 nitrogen and oxygen atoms in total. The summed E-state index contributed by atoms with van der Waals surface area (Å²) in [6.45, 7) is 0. The largest absolute Gasteiger partial charge is 0.479 e. The minimum atomic E-state index is -0.894. The molecule has 1 heterocycles. The van der Waals surface area contributed by atoms with Crippen LogP contribution < -0.4 is 0 Å². The van der Waals surface area contributed by atoms with Crippen LogP contribution in [0.2, 0.25) is 0 Å². The molecule has 0 amide bonds. The van der Waals surface area contributed by atoms with Gasteiger partial charge in [0.05, 0.1) is 11.9 Å². The summed E-state index contributed by atoms with van der Waals surface area (Å²) < 4.78 is 17.3. The van der Waals surface area contributed by atoms with Gasteiger partial charge in [0.25, 0.3) is 0 Å². The van der Waals surface area contributed by atoms with Crippen molar-refractivity contribution in [2.24, 2.45) is 0 Å². The Labute approximate surface area is 97.8 Å². The fourth-order valence-electron chi connectivity index (χ4n) is 2.48. The second kappa shape index (κ2) is 5.27. The predicted octanol–water partition coefficient (Wildman–Crippen LogP) is 1.31. The maximum Gasteiger partial charge on any atom is 0.332 e. The Morgan fingerprint density at radius 1 is 1.25 bits per heavy atom. The van der Waals surface area contributed by atoms with E-state index in [0.29, 0.717) is 17.4 Å². The number of hydrogen-bond acceptors (Lipinski definition) is 3. The summed E-state index contributed by atoms with van der Waals surface area (Å²) in [5, 5.41) is 9.10. The number of ether oxygens (including phenoxy) is 1. The van der Waals surface area contributed by atoms with Crippen LogP contribution >= 0.6 is 0 Å². The van der Waals surface area contributed by atoms with Crippen LogP contribution in [0.25, 0.3) is 0 Å². The van der Waals surface area contributed by atoms with Crippen molar-refractivity contribution in [3.05, 3.63) is 0 Å². The Balaban J connectivity index is 1.78. The first-order valence-corrected chi connectivity index (χ1v) is 7.30. The predicted molar refractivity (Wildman–Crippen MR) is 60.8 cm³/mol. The highest BCUT2D eigenvalue weighted by atomic mass is 32.2. The van der Waals surface area contributed by atoms with Gasteiger partial charge in [0.15, 0.2) is 6.10 Å². The maximum absolute atomic E-state index is 12.0. The van der Waals surface area contributed by atoms with Crippen molar-refractivity contribution in [3.8, 4) is 0 Å².